The maximum Gasteiger partial charge on any atom is 0.243 e. The van der Waals surface area contributed by atoms with E-state index in [1.807, 2.05) is 0 Å². The van der Waals surface area contributed by atoms with E-state index in [0.717, 1.165) is 19.3 Å². The lowest BCUT2D eigenvalue weighted by Crippen LogP contribution is -2.39. The fourth-order valence-corrected chi connectivity index (χ4v) is 4.52. The zero-order valence-electron chi connectivity index (χ0n) is 12.2. The molecule has 1 atom stereocenters. The van der Waals surface area contributed by atoms with Crippen LogP contribution in [0.15, 0.2) is 23.1 Å². The number of halogens is 1. The van der Waals surface area contributed by atoms with Crippen LogP contribution in [0.25, 0.3) is 0 Å². The molecule has 6 nitrogen and oxygen atoms in total. The quantitative estimate of drug-likeness (QED) is 0.892. The molecule has 2 aliphatic rings. The summed E-state index contributed by atoms with van der Waals surface area (Å²) in [5.74, 6) is 1.10. The maximum absolute atomic E-state index is 12.7. The van der Waals surface area contributed by atoms with Crippen LogP contribution in [0.3, 0.4) is 0 Å². The number of hydrogen-bond donors (Lipinski definition) is 1. The summed E-state index contributed by atoms with van der Waals surface area (Å²) in [5, 5.41) is 0. The zero-order valence-corrected chi connectivity index (χ0v) is 13.9. The summed E-state index contributed by atoms with van der Waals surface area (Å²) in [5.41, 5.74) is 5.68. The maximum atomic E-state index is 12.7. The minimum atomic E-state index is -3.53. The first-order chi connectivity index (χ1) is 10.1. The first-order valence-electron chi connectivity index (χ1n) is 7.24. The summed E-state index contributed by atoms with van der Waals surface area (Å²) in [6, 6.07) is 4.70. The molecule has 3 rings (SSSR count). The molecule has 0 saturated carbocycles. The average molecular weight is 349 g/mol. The van der Waals surface area contributed by atoms with Gasteiger partial charge in [-0.15, -0.1) is 12.4 Å². The van der Waals surface area contributed by atoms with Gasteiger partial charge in [-0.2, -0.15) is 4.31 Å². The highest BCUT2D eigenvalue weighted by molar-refractivity contribution is 7.89. The standard InChI is InChI=1S/C14H20N2O4S.ClH/c15-10-11-3-1-6-16(11)21(17,18)12-4-5-13-14(9-12)20-8-2-7-19-13;/h4-5,9,11H,1-3,6-8,10,15H2;1H. The molecule has 1 fully saturated rings. The molecule has 1 aromatic rings. The van der Waals surface area contributed by atoms with Crippen molar-refractivity contribution in [1.29, 1.82) is 0 Å². The molecular formula is C14H21ClN2O4S. The fraction of sp³-hybridized carbons (Fsp3) is 0.571. The highest BCUT2D eigenvalue weighted by Gasteiger charge is 2.34. The van der Waals surface area contributed by atoms with Gasteiger partial charge in [-0.25, -0.2) is 8.42 Å². The molecule has 1 aromatic carbocycles. The minimum absolute atomic E-state index is 0. The van der Waals surface area contributed by atoms with Crippen molar-refractivity contribution in [3.63, 3.8) is 0 Å². The van der Waals surface area contributed by atoms with E-state index in [2.05, 4.69) is 0 Å². The Morgan fingerprint density at radius 2 is 1.91 bits per heavy atom. The second-order valence-electron chi connectivity index (χ2n) is 5.31. The van der Waals surface area contributed by atoms with Crippen LogP contribution < -0.4 is 15.2 Å². The SMILES string of the molecule is Cl.NCC1CCCN1S(=O)(=O)c1ccc2c(c1)OCCCO2. The molecule has 22 heavy (non-hydrogen) atoms. The van der Waals surface area contributed by atoms with E-state index in [4.69, 9.17) is 15.2 Å². The normalized spacial score (nSPS) is 22.0. The van der Waals surface area contributed by atoms with Crippen LogP contribution in [0.2, 0.25) is 0 Å². The number of benzene rings is 1. The Morgan fingerprint density at radius 1 is 1.18 bits per heavy atom. The van der Waals surface area contributed by atoms with E-state index >= 15 is 0 Å². The predicted octanol–water partition coefficient (Wildman–Crippen LogP) is 1.38. The van der Waals surface area contributed by atoms with Crippen LogP contribution in [0.5, 0.6) is 11.5 Å². The highest BCUT2D eigenvalue weighted by Crippen LogP contribution is 2.34. The molecule has 2 N–H and O–H groups in total. The monoisotopic (exact) mass is 348 g/mol. The molecule has 8 heteroatoms. The Hall–Kier alpha value is -1.02. The number of nitrogens with zero attached hydrogens (tertiary/aromatic N) is 1. The Morgan fingerprint density at radius 3 is 2.64 bits per heavy atom. The Labute approximate surface area is 137 Å². The van der Waals surface area contributed by atoms with Gasteiger partial charge < -0.3 is 15.2 Å². The molecule has 0 amide bonds. The van der Waals surface area contributed by atoms with Gasteiger partial charge >= 0.3 is 0 Å². The van der Waals surface area contributed by atoms with Crippen molar-refractivity contribution in [3.05, 3.63) is 18.2 Å². The molecule has 2 heterocycles. The summed E-state index contributed by atoms with van der Waals surface area (Å²) in [6.07, 6.45) is 2.46. The molecule has 1 unspecified atom stereocenters. The topological polar surface area (TPSA) is 81.9 Å². The van der Waals surface area contributed by atoms with Gasteiger partial charge in [0.1, 0.15) is 0 Å². The van der Waals surface area contributed by atoms with Gasteiger partial charge in [0.05, 0.1) is 18.1 Å². The lowest BCUT2D eigenvalue weighted by Gasteiger charge is -2.23. The number of ether oxygens (including phenoxy) is 2. The molecule has 0 aliphatic carbocycles. The van der Waals surface area contributed by atoms with Crippen LogP contribution in [-0.2, 0) is 10.0 Å². The summed E-state index contributed by atoms with van der Waals surface area (Å²) in [7, 11) is -3.53. The summed E-state index contributed by atoms with van der Waals surface area (Å²) < 4.78 is 38.1. The lowest BCUT2D eigenvalue weighted by molar-refractivity contribution is 0.296. The summed E-state index contributed by atoms with van der Waals surface area (Å²) in [6.45, 7) is 1.99. The molecule has 2 aliphatic heterocycles. The summed E-state index contributed by atoms with van der Waals surface area (Å²) >= 11 is 0. The van der Waals surface area contributed by atoms with Crippen molar-refractivity contribution in [1.82, 2.24) is 4.31 Å². The van der Waals surface area contributed by atoms with Gasteiger partial charge in [0.15, 0.2) is 11.5 Å². The largest absolute Gasteiger partial charge is 0.490 e. The smallest absolute Gasteiger partial charge is 0.243 e. The first kappa shape index (κ1) is 17.3. The molecule has 0 aromatic heterocycles. The Bertz CT molecular complexity index is 623. The highest BCUT2D eigenvalue weighted by atomic mass is 35.5. The van der Waals surface area contributed by atoms with Crippen LogP contribution in [0, 0.1) is 0 Å². The lowest BCUT2D eigenvalue weighted by atomic mass is 10.2. The number of nitrogens with two attached hydrogens (primary N) is 1. The fourth-order valence-electron chi connectivity index (χ4n) is 2.80. The third-order valence-corrected chi connectivity index (χ3v) is 5.87. The van der Waals surface area contributed by atoms with Crippen molar-refractivity contribution < 1.29 is 17.9 Å². The Kier molecular flexibility index (Phi) is 5.55. The van der Waals surface area contributed by atoms with E-state index in [1.54, 1.807) is 18.2 Å². The van der Waals surface area contributed by atoms with Crippen molar-refractivity contribution in [3.8, 4) is 11.5 Å². The van der Waals surface area contributed by atoms with E-state index in [-0.39, 0.29) is 23.3 Å². The molecular weight excluding hydrogens is 328 g/mol. The molecule has 0 radical (unpaired) electrons. The minimum Gasteiger partial charge on any atom is -0.490 e. The average Bonchev–Trinajstić information content (AvgIpc) is 2.85. The third kappa shape index (κ3) is 3.17. The van der Waals surface area contributed by atoms with E-state index in [9.17, 15) is 8.42 Å². The molecule has 124 valence electrons. The van der Waals surface area contributed by atoms with Crippen LogP contribution in [0.1, 0.15) is 19.3 Å². The van der Waals surface area contributed by atoms with Gasteiger partial charge in [-0.1, -0.05) is 0 Å². The third-order valence-electron chi connectivity index (χ3n) is 3.92. The second-order valence-corrected chi connectivity index (χ2v) is 7.20. The second kappa shape index (κ2) is 7.04. The van der Waals surface area contributed by atoms with E-state index < -0.39 is 10.0 Å². The number of sulfonamides is 1. The number of hydrogen-bond acceptors (Lipinski definition) is 5. The van der Waals surface area contributed by atoms with E-state index in [0.29, 0.717) is 37.8 Å². The Balaban J connectivity index is 0.00000176. The molecule has 0 spiro atoms. The van der Waals surface area contributed by atoms with E-state index in [1.165, 1.54) is 4.31 Å². The number of rotatable bonds is 3. The van der Waals surface area contributed by atoms with Crippen LogP contribution >= 0.6 is 12.4 Å². The molecule has 0 bridgehead atoms. The van der Waals surface area contributed by atoms with Crippen molar-refractivity contribution in [2.24, 2.45) is 5.73 Å². The van der Waals surface area contributed by atoms with Gasteiger partial charge in [0.25, 0.3) is 0 Å². The van der Waals surface area contributed by atoms with Gasteiger partial charge in [0, 0.05) is 31.6 Å². The van der Waals surface area contributed by atoms with Gasteiger partial charge in [0.2, 0.25) is 10.0 Å². The first-order valence-corrected chi connectivity index (χ1v) is 8.68. The van der Waals surface area contributed by atoms with Crippen LogP contribution in [0.4, 0.5) is 0 Å². The summed E-state index contributed by atoms with van der Waals surface area (Å²) in [4.78, 5) is 0.243. The number of fused-ring (bicyclic) bond motifs is 1. The van der Waals surface area contributed by atoms with Gasteiger partial charge in [-0.3, -0.25) is 0 Å². The molecule has 1 saturated heterocycles. The van der Waals surface area contributed by atoms with Crippen molar-refractivity contribution in [2.45, 2.75) is 30.2 Å². The van der Waals surface area contributed by atoms with Crippen molar-refractivity contribution in [2.75, 3.05) is 26.3 Å². The van der Waals surface area contributed by atoms with Crippen LogP contribution in [-0.4, -0.2) is 45.1 Å². The van der Waals surface area contributed by atoms with Crippen molar-refractivity contribution >= 4 is 22.4 Å². The van der Waals surface area contributed by atoms with Gasteiger partial charge in [-0.05, 0) is 25.0 Å². The zero-order chi connectivity index (χ0) is 14.9. The predicted molar refractivity (Wildman–Crippen MR) is 85.3 cm³/mol.